The third-order valence-corrected chi connectivity index (χ3v) is 6.12. The van der Waals surface area contributed by atoms with Crippen LogP contribution in [0.25, 0.3) is 11.4 Å². The predicted octanol–water partition coefficient (Wildman–Crippen LogP) is 4.25. The second kappa shape index (κ2) is 9.01. The van der Waals surface area contributed by atoms with Crippen molar-refractivity contribution in [3.05, 3.63) is 64.9 Å². The number of thiophene rings is 1. The van der Waals surface area contributed by atoms with Gasteiger partial charge in [0.2, 0.25) is 5.91 Å². The first kappa shape index (κ1) is 19.4. The van der Waals surface area contributed by atoms with Crippen LogP contribution >= 0.6 is 23.1 Å². The highest BCUT2D eigenvalue weighted by Gasteiger charge is 2.17. The summed E-state index contributed by atoms with van der Waals surface area (Å²) in [5.41, 5.74) is 2.22. The van der Waals surface area contributed by atoms with E-state index in [2.05, 4.69) is 35.1 Å². The minimum Gasteiger partial charge on any atom is -0.340 e. The molecule has 0 aliphatic heterocycles. The summed E-state index contributed by atoms with van der Waals surface area (Å²) in [5, 5.41) is 11.4. The first-order valence-electron chi connectivity index (χ1n) is 8.59. The molecule has 3 aromatic rings. The smallest absolute Gasteiger partial charge is 0.233 e. The van der Waals surface area contributed by atoms with Gasteiger partial charge in [-0.25, -0.2) is 0 Å². The molecule has 1 aromatic carbocycles. The predicted molar refractivity (Wildman–Crippen MR) is 112 cm³/mol. The van der Waals surface area contributed by atoms with E-state index in [1.54, 1.807) is 16.2 Å². The number of rotatable bonds is 8. The van der Waals surface area contributed by atoms with Crippen LogP contribution in [0.3, 0.4) is 0 Å². The molecule has 0 N–H and O–H groups in total. The molecule has 140 valence electrons. The quantitative estimate of drug-likeness (QED) is 0.420. The highest BCUT2D eigenvalue weighted by molar-refractivity contribution is 7.99. The maximum Gasteiger partial charge on any atom is 0.233 e. The molecule has 0 radical (unpaired) electrons. The molecular weight excluding hydrogens is 376 g/mol. The fraction of sp³-hybridized carbons (Fsp3) is 0.250. The molecule has 0 saturated carbocycles. The SMILES string of the molecule is C=CCn1c(SCC(=O)N(C)Cc2sccc2C)nnc1-c1ccccc1. The Morgan fingerprint density at radius 2 is 2.07 bits per heavy atom. The van der Waals surface area contributed by atoms with Crippen molar-refractivity contribution >= 4 is 29.0 Å². The molecule has 0 atom stereocenters. The highest BCUT2D eigenvalue weighted by Crippen LogP contribution is 2.24. The number of hydrogen-bond donors (Lipinski definition) is 0. The van der Waals surface area contributed by atoms with Crippen LogP contribution in [0.5, 0.6) is 0 Å². The Balaban J connectivity index is 1.68. The third kappa shape index (κ3) is 4.67. The Bertz CT molecular complexity index is 917. The molecule has 7 heteroatoms. The maximum atomic E-state index is 12.5. The highest BCUT2D eigenvalue weighted by atomic mass is 32.2. The number of allylic oxidation sites excluding steroid dienone is 1. The normalized spacial score (nSPS) is 10.7. The van der Waals surface area contributed by atoms with Crippen molar-refractivity contribution in [2.45, 2.75) is 25.2 Å². The number of carbonyl (C=O) groups excluding carboxylic acids is 1. The number of amides is 1. The third-order valence-electron chi connectivity index (χ3n) is 4.16. The van der Waals surface area contributed by atoms with E-state index in [9.17, 15) is 4.79 Å². The minimum absolute atomic E-state index is 0.0715. The first-order valence-corrected chi connectivity index (χ1v) is 10.5. The summed E-state index contributed by atoms with van der Waals surface area (Å²) in [7, 11) is 1.84. The Morgan fingerprint density at radius 3 is 2.74 bits per heavy atom. The summed E-state index contributed by atoms with van der Waals surface area (Å²) in [5.74, 6) is 1.18. The van der Waals surface area contributed by atoms with Gasteiger partial charge < -0.3 is 4.90 Å². The summed E-state index contributed by atoms with van der Waals surface area (Å²) in [4.78, 5) is 15.5. The van der Waals surface area contributed by atoms with E-state index in [0.29, 0.717) is 18.8 Å². The average molecular weight is 399 g/mol. The Kier molecular flexibility index (Phi) is 6.47. The molecule has 0 aliphatic rings. The zero-order valence-electron chi connectivity index (χ0n) is 15.5. The van der Waals surface area contributed by atoms with Gasteiger partial charge in [-0.2, -0.15) is 0 Å². The van der Waals surface area contributed by atoms with Crippen LogP contribution in [-0.2, 0) is 17.9 Å². The molecule has 0 saturated heterocycles. The van der Waals surface area contributed by atoms with Gasteiger partial charge in [-0.05, 0) is 23.9 Å². The molecule has 2 heterocycles. The van der Waals surface area contributed by atoms with E-state index >= 15 is 0 Å². The summed E-state index contributed by atoms with van der Waals surface area (Å²) >= 11 is 3.09. The van der Waals surface area contributed by atoms with Gasteiger partial charge >= 0.3 is 0 Å². The van der Waals surface area contributed by atoms with Crippen LogP contribution < -0.4 is 0 Å². The summed E-state index contributed by atoms with van der Waals surface area (Å²) in [6, 6.07) is 12.0. The van der Waals surface area contributed by atoms with Crippen molar-refractivity contribution in [3.63, 3.8) is 0 Å². The van der Waals surface area contributed by atoms with E-state index < -0.39 is 0 Å². The van der Waals surface area contributed by atoms with Gasteiger partial charge in [0.15, 0.2) is 11.0 Å². The number of hydrogen-bond acceptors (Lipinski definition) is 5. The van der Waals surface area contributed by atoms with Crippen molar-refractivity contribution < 1.29 is 4.79 Å². The number of benzene rings is 1. The minimum atomic E-state index is 0.0715. The van der Waals surface area contributed by atoms with Gasteiger partial charge in [-0.3, -0.25) is 9.36 Å². The number of thioether (sulfide) groups is 1. The first-order chi connectivity index (χ1) is 13.1. The summed E-state index contributed by atoms with van der Waals surface area (Å²) in [6.07, 6.45) is 1.81. The van der Waals surface area contributed by atoms with Crippen LogP contribution in [0.15, 0.2) is 59.6 Å². The van der Waals surface area contributed by atoms with Crippen LogP contribution in [0, 0.1) is 6.92 Å². The summed E-state index contributed by atoms with van der Waals surface area (Å²) in [6.45, 7) is 7.13. The second-order valence-corrected chi connectivity index (χ2v) is 8.08. The van der Waals surface area contributed by atoms with E-state index in [0.717, 1.165) is 16.5 Å². The largest absolute Gasteiger partial charge is 0.340 e. The molecule has 0 fully saturated rings. The van der Waals surface area contributed by atoms with E-state index in [1.165, 1.54) is 22.2 Å². The summed E-state index contributed by atoms with van der Waals surface area (Å²) < 4.78 is 1.99. The number of aromatic nitrogens is 3. The van der Waals surface area contributed by atoms with Crippen molar-refractivity contribution in [2.24, 2.45) is 0 Å². The average Bonchev–Trinajstić information content (AvgIpc) is 3.27. The van der Waals surface area contributed by atoms with Crippen LogP contribution in [0.4, 0.5) is 0 Å². The fourth-order valence-corrected chi connectivity index (χ4v) is 4.44. The van der Waals surface area contributed by atoms with Gasteiger partial charge in [0.25, 0.3) is 0 Å². The van der Waals surface area contributed by atoms with Crippen LogP contribution in [-0.4, -0.2) is 38.4 Å². The van der Waals surface area contributed by atoms with Crippen molar-refractivity contribution in [2.75, 3.05) is 12.8 Å². The molecule has 5 nitrogen and oxygen atoms in total. The lowest BCUT2D eigenvalue weighted by molar-refractivity contribution is -0.127. The molecule has 27 heavy (non-hydrogen) atoms. The van der Waals surface area contributed by atoms with Crippen molar-refractivity contribution in [1.29, 1.82) is 0 Å². The van der Waals surface area contributed by atoms with Gasteiger partial charge in [-0.15, -0.1) is 28.1 Å². The van der Waals surface area contributed by atoms with Crippen LogP contribution in [0.1, 0.15) is 10.4 Å². The lowest BCUT2D eigenvalue weighted by Gasteiger charge is -2.16. The van der Waals surface area contributed by atoms with Crippen molar-refractivity contribution in [1.82, 2.24) is 19.7 Å². The Morgan fingerprint density at radius 1 is 1.30 bits per heavy atom. The monoisotopic (exact) mass is 398 g/mol. The molecule has 0 unspecified atom stereocenters. The lowest BCUT2D eigenvalue weighted by atomic mass is 10.2. The van der Waals surface area contributed by atoms with Crippen LogP contribution in [0.2, 0.25) is 0 Å². The second-order valence-electron chi connectivity index (χ2n) is 6.14. The number of aryl methyl sites for hydroxylation is 1. The lowest BCUT2D eigenvalue weighted by Crippen LogP contribution is -2.27. The zero-order chi connectivity index (χ0) is 19.2. The molecule has 0 bridgehead atoms. The van der Waals surface area contributed by atoms with E-state index in [1.807, 2.05) is 48.0 Å². The number of nitrogens with zero attached hydrogens (tertiary/aromatic N) is 4. The molecule has 1 amide bonds. The van der Waals surface area contributed by atoms with Gasteiger partial charge in [-0.1, -0.05) is 48.2 Å². The molecule has 0 aliphatic carbocycles. The maximum absolute atomic E-state index is 12.5. The van der Waals surface area contributed by atoms with Gasteiger partial charge in [0.1, 0.15) is 0 Å². The van der Waals surface area contributed by atoms with E-state index in [-0.39, 0.29) is 5.91 Å². The zero-order valence-corrected chi connectivity index (χ0v) is 17.1. The fourth-order valence-electron chi connectivity index (χ4n) is 2.60. The van der Waals surface area contributed by atoms with Crippen molar-refractivity contribution in [3.8, 4) is 11.4 Å². The molecule has 3 rings (SSSR count). The number of carbonyl (C=O) groups is 1. The molecular formula is C20H22N4OS2. The Hall–Kier alpha value is -2.38. The van der Waals surface area contributed by atoms with Gasteiger partial charge in [0, 0.05) is 24.0 Å². The Labute approximate surface area is 167 Å². The molecule has 0 spiro atoms. The van der Waals surface area contributed by atoms with E-state index in [4.69, 9.17) is 0 Å². The topological polar surface area (TPSA) is 51.0 Å². The molecule has 2 aromatic heterocycles. The van der Waals surface area contributed by atoms with Gasteiger partial charge in [0.05, 0.1) is 12.3 Å². The standard InChI is InChI=1S/C20H22N4OS2/c1-4-11-24-19(16-8-6-5-7-9-16)21-22-20(24)27-14-18(25)23(3)13-17-15(2)10-12-26-17/h4-10,12H,1,11,13-14H2,2-3H3.